The first kappa shape index (κ1) is 12.7. The van der Waals surface area contributed by atoms with Crippen LogP contribution < -0.4 is 0 Å². The van der Waals surface area contributed by atoms with Crippen LogP contribution in [0.1, 0.15) is 18.9 Å². The summed E-state index contributed by atoms with van der Waals surface area (Å²) in [6.07, 6.45) is 0.879. The Morgan fingerprint density at radius 2 is 2.18 bits per heavy atom. The number of hydrogen-bond acceptors (Lipinski definition) is 4. The normalized spacial score (nSPS) is 13.2. The number of thiophene rings is 1. The van der Waals surface area contributed by atoms with Gasteiger partial charge in [0.1, 0.15) is 0 Å². The second-order valence-electron chi connectivity index (χ2n) is 4.49. The smallest absolute Gasteiger partial charge is 0.0936 e. The third kappa shape index (κ3) is 3.15. The van der Waals surface area contributed by atoms with E-state index in [-0.39, 0.29) is 6.61 Å². The maximum Gasteiger partial charge on any atom is 0.0936 e. The van der Waals surface area contributed by atoms with Gasteiger partial charge in [0.2, 0.25) is 0 Å². The molecule has 0 amide bonds. The van der Waals surface area contributed by atoms with Gasteiger partial charge in [0.15, 0.2) is 0 Å². The van der Waals surface area contributed by atoms with Gasteiger partial charge < -0.3 is 5.11 Å². The molecule has 0 bridgehead atoms. The highest BCUT2D eigenvalue weighted by Crippen LogP contribution is 2.27. The van der Waals surface area contributed by atoms with Gasteiger partial charge in [0.05, 0.1) is 15.6 Å². The summed E-state index contributed by atoms with van der Waals surface area (Å²) < 4.78 is 0. The molecule has 2 aromatic rings. The van der Waals surface area contributed by atoms with E-state index in [9.17, 15) is 5.11 Å². The Morgan fingerprint density at radius 1 is 1.35 bits per heavy atom. The molecule has 1 N–H and O–H groups in total. The summed E-state index contributed by atoms with van der Waals surface area (Å²) in [5.74, 6) is 0.812. The van der Waals surface area contributed by atoms with Crippen molar-refractivity contribution in [3.8, 4) is 10.6 Å². The molecule has 2 aromatic heterocycles. The van der Waals surface area contributed by atoms with Gasteiger partial charge in [-0.2, -0.15) is 0 Å². The van der Waals surface area contributed by atoms with Crippen LogP contribution in [-0.4, -0.2) is 16.7 Å². The van der Waals surface area contributed by atoms with Crippen LogP contribution in [0, 0.1) is 11.8 Å². The first-order valence-corrected chi connectivity index (χ1v) is 7.55. The van der Waals surface area contributed by atoms with Crippen molar-refractivity contribution in [1.82, 2.24) is 4.98 Å². The second kappa shape index (κ2) is 5.76. The summed E-state index contributed by atoms with van der Waals surface area (Å²) in [4.78, 5) is 5.86. The highest BCUT2D eigenvalue weighted by atomic mass is 32.1. The Balaban J connectivity index is 2.08. The Bertz CT molecular complexity index is 448. The minimum absolute atomic E-state index is 0.242. The van der Waals surface area contributed by atoms with E-state index in [1.54, 1.807) is 22.7 Å². The zero-order valence-corrected chi connectivity index (χ0v) is 11.7. The van der Waals surface area contributed by atoms with E-state index in [1.165, 1.54) is 4.88 Å². The average molecular weight is 267 g/mol. The van der Waals surface area contributed by atoms with Crippen LogP contribution in [0.25, 0.3) is 10.6 Å². The molecule has 0 fully saturated rings. The molecule has 2 nitrogen and oxygen atoms in total. The molecule has 17 heavy (non-hydrogen) atoms. The second-order valence-corrected chi connectivity index (χ2v) is 6.38. The predicted molar refractivity (Wildman–Crippen MR) is 74.5 cm³/mol. The monoisotopic (exact) mass is 267 g/mol. The average Bonchev–Trinajstić information content (AvgIpc) is 2.95. The minimum Gasteiger partial charge on any atom is -0.396 e. The number of aliphatic hydroxyl groups excluding tert-OH is 1. The summed E-state index contributed by atoms with van der Waals surface area (Å²) in [5, 5.41) is 14.6. The molecule has 1 unspecified atom stereocenters. The van der Waals surface area contributed by atoms with E-state index in [0.29, 0.717) is 11.8 Å². The summed E-state index contributed by atoms with van der Waals surface area (Å²) in [6.45, 7) is 4.54. The largest absolute Gasteiger partial charge is 0.396 e. The van der Waals surface area contributed by atoms with Gasteiger partial charge >= 0.3 is 0 Å². The van der Waals surface area contributed by atoms with Crippen molar-refractivity contribution in [2.75, 3.05) is 6.61 Å². The van der Waals surface area contributed by atoms with E-state index in [0.717, 1.165) is 17.1 Å². The molecule has 0 saturated carbocycles. The van der Waals surface area contributed by atoms with Gasteiger partial charge in [-0.25, -0.2) is 4.98 Å². The van der Waals surface area contributed by atoms with Crippen LogP contribution in [0.3, 0.4) is 0 Å². The molecule has 4 heteroatoms. The Morgan fingerprint density at radius 3 is 2.76 bits per heavy atom. The van der Waals surface area contributed by atoms with Crippen molar-refractivity contribution < 1.29 is 5.11 Å². The van der Waals surface area contributed by atoms with Crippen molar-refractivity contribution in [3.05, 3.63) is 27.9 Å². The molecule has 2 rings (SSSR count). The molecule has 0 aliphatic carbocycles. The van der Waals surface area contributed by atoms with Gasteiger partial charge in [-0.3, -0.25) is 0 Å². The highest BCUT2D eigenvalue weighted by Gasteiger charge is 2.15. The van der Waals surface area contributed by atoms with Crippen LogP contribution in [-0.2, 0) is 6.42 Å². The topological polar surface area (TPSA) is 33.1 Å². The molecule has 2 heterocycles. The number of aromatic nitrogens is 1. The van der Waals surface area contributed by atoms with Gasteiger partial charge in [-0.15, -0.1) is 22.7 Å². The fourth-order valence-electron chi connectivity index (χ4n) is 1.68. The zero-order valence-electron chi connectivity index (χ0n) is 10.1. The lowest BCUT2D eigenvalue weighted by molar-refractivity contribution is 0.189. The van der Waals surface area contributed by atoms with E-state index in [2.05, 4.69) is 35.7 Å². The van der Waals surface area contributed by atoms with Gasteiger partial charge in [-0.1, -0.05) is 19.9 Å². The minimum atomic E-state index is 0.242. The van der Waals surface area contributed by atoms with E-state index in [4.69, 9.17) is 0 Å². The highest BCUT2D eigenvalue weighted by molar-refractivity contribution is 7.14. The number of rotatable bonds is 5. The van der Waals surface area contributed by atoms with Gasteiger partial charge in [-0.05, 0) is 23.3 Å². The van der Waals surface area contributed by atoms with Crippen molar-refractivity contribution in [1.29, 1.82) is 0 Å². The maximum absolute atomic E-state index is 9.33. The van der Waals surface area contributed by atoms with E-state index < -0.39 is 0 Å². The molecule has 0 aliphatic heterocycles. The van der Waals surface area contributed by atoms with Gasteiger partial charge in [0, 0.05) is 18.4 Å². The molecule has 0 aromatic carbocycles. The first-order chi connectivity index (χ1) is 8.20. The van der Waals surface area contributed by atoms with Crippen LogP contribution >= 0.6 is 22.7 Å². The number of nitrogens with zero attached hydrogens (tertiary/aromatic N) is 1. The summed E-state index contributed by atoms with van der Waals surface area (Å²) in [5.41, 5.74) is 1.07. The molecule has 0 spiro atoms. The summed E-state index contributed by atoms with van der Waals surface area (Å²) in [7, 11) is 0. The quantitative estimate of drug-likeness (QED) is 0.896. The summed E-state index contributed by atoms with van der Waals surface area (Å²) in [6, 6.07) is 4.14. The first-order valence-electron chi connectivity index (χ1n) is 5.80. The van der Waals surface area contributed by atoms with Crippen LogP contribution in [0.4, 0.5) is 0 Å². The number of thiazole rings is 1. The molecule has 0 saturated heterocycles. The van der Waals surface area contributed by atoms with Crippen LogP contribution in [0.5, 0.6) is 0 Å². The molecular weight excluding hydrogens is 250 g/mol. The molecule has 92 valence electrons. The molecule has 0 aliphatic rings. The number of hydrogen-bond donors (Lipinski definition) is 1. The SMILES string of the molecule is CC(C)C(CO)Cc1nc(-c2cccs2)cs1. The van der Waals surface area contributed by atoms with Crippen molar-refractivity contribution in [2.45, 2.75) is 20.3 Å². The lowest BCUT2D eigenvalue weighted by atomic mass is 9.94. The lowest BCUT2D eigenvalue weighted by Gasteiger charge is -2.16. The van der Waals surface area contributed by atoms with Gasteiger partial charge in [0.25, 0.3) is 0 Å². The van der Waals surface area contributed by atoms with Crippen LogP contribution in [0.2, 0.25) is 0 Å². The third-order valence-corrected chi connectivity index (χ3v) is 4.70. The Hall–Kier alpha value is -0.710. The maximum atomic E-state index is 9.33. The van der Waals surface area contributed by atoms with Crippen LogP contribution in [0.15, 0.2) is 22.9 Å². The summed E-state index contributed by atoms with van der Waals surface area (Å²) >= 11 is 3.41. The zero-order chi connectivity index (χ0) is 12.3. The fraction of sp³-hybridized carbons (Fsp3) is 0.462. The predicted octanol–water partition coefficient (Wildman–Crippen LogP) is 3.68. The molecular formula is C13H17NOS2. The van der Waals surface area contributed by atoms with Crippen molar-refractivity contribution >= 4 is 22.7 Å². The standard InChI is InChI=1S/C13H17NOS2/c1-9(2)10(7-15)6-13-14-11(8-17-13)12-4-3-5-16-12/h3-5,8-10,15H,6-7H2,1-2H3. The molecule has 1 atom stereocenters. The Kier molecular flexibility index (Phi) is 4.31. The third-order valence-electron chi connectivity index (χ3n) is 2.94. The fourth-order valence-corrected chi connectivity index (χ4v) is 3.33. The lowest BCUT2D eigenvalue weighted by Crippen LogP contribution is -2.16. The van der Waals surface area contributed by atoms with Crippen molar-refractivity contribution in [3.63, 3.8) is 0 Å². The number of aliphatic hydroxyl groups is 1. The van der Waals surface area contributed by atoms with E-state index in [1.807, 2.05) is 6.07 Å². The van der Waals surface area contributed by atoms with Crippen molar-refractivity contribution in [2.24, 2.45) is 11.8 Å². The van der Waals surface area contributed by atoms with E-state index >= 15 is 0 Å². The Labute approximate surface area is 110 Å². The molecule has 0 radical (unpaired) electrons.